The largest absolute Gasteiger partial charge is 0.480 e. The lowest BCUT2D eigenvalue weighted by molar-refractivity contribution is -0.143. The fraction of sp³-hybridized carbons (Fsp3) is 0.533. The Kier molecular flexibility index (Phi) is 4.93. The molecule has 1 heterocycles. The van der Waals surface area contributed by atoms with Crippen molar-refractivity contribution in [3.63, 3.8) is 0 Å². The van der Waals surface area contributed by atoms with E-state index in [9.17, 15) is 4.79 Å². The second kappa shape index (κ2) is 6.68. The molecule has 1 saturated heterocycles. The molecule has 1 unspecified atom stereocenters. The monoisotopic (exact) mass is 262 g/mol. The van der Waals surface area contributed by atoms with Crippen LogP contribution in [0.2, 0.25) is 0 Å². The molecule has 1 aliphatic heterocycles. The van der Waals surface area contributed by atoms with Crippen LogP contribution in [0.15, 0.2) is 30.3 Å². The van der Waals surface area contributed by atoms with Gasteiger partial charge in [-0.2, -0.15) is 0 Å². The Labute approximate surface area is 114 Å². The molecule has 1 aromatic carbocycles. The predicted octanol–water partition coefficient (Wildman–Crippen LogP) is 1.35. The number of hydrogen-bond donors (Lipinski definition) is 2. The molecule has 2 rings (SSSR count). The summed E-state index contributed by atoms with van der Waals surface area (Å²) in [5.41, 5.74) is 6.91. The Balaban J connectivity index is 1.84. The molecule has 0 aliphatic carbocycles. The Morgan fingerprint density at radius 2 is 1.95 bits per heavy atom. The minimum atomic E-state index is -0.802. The molecular formula is C15H22N2O2. The lowest BCUT2D eigenvalue weighted by Crippen LogP contribution is -2.49. The van der Waals surface area contributed by atoms with Crippen molar-refractivity contribution in [3.8, 4) is 0 Å². The van der Waals surface area contributed by atoms with Crippen molar-refractivity contribution in [1.82, 2.24) is 4.90 Å². The van der Waals surface area contributed by atoms with Crippen LogP contribution in [0.5, 0.6) is 0 Å². The van der Waals surface area contributed by atoms with Gasteiger partial charge in [0.15, 0.2) is 0 Å². The molecule has 4 heteroatoms. The van der Waals surface area contributed by atoms with E-state index in [-0.39, 0.29) is 6.54 Å². The summed E-state index contributed by atoms with van der Waals surface area (Å²) in [4.78, 5) is 13.1. The quantitative estimate of drug-likeness (QED) is 0.840. The molecule has 0 saturated carbocycles. The molecule has 0 amide bonds. The van der Waals surface area contributed by atoms with Crippen LogP contribution in [0.4, 0.5) is 0 Å². The number of benzene rings is 1. The Morgan fingerprint density at radius 3 is 2.47 bits per heavy atom. The number of hydrogen-bond acceptors (Lipinski definition) is 3. The summed E-state index contributed by atoms with van der Waals surface area (Å²) in [6.45, 7) is 1.87. The minimum absolute atomic E-state index is 0.193. The number of nitrogens with two attached hydrogens (primary N) is 1. The van der Waals surface area contributed by atoms with Gasteiger partial charge in [0.2, 0.25) is 0 Å². The van der Waals surface area contributed by atoms with Crippen molar-refractivity contribution in [2.45, 2.75) is 25.3 Å². The second-order valence-electron chi connectivity index (χ2n) is 5.26. The molecule has 1 aromatic rings. The maximum Gasteiger partial charge on any atom is 0.322 e. The zero-order valence-corrected chi connectivity index (χ0v) is 11.2. The van der Waals surface area contributed by atoms with Crippen LogP contribution < -0.4 is 5.73 Å². The van der Waals surface area contributed by atoms with Crippen LogP contribution in [0, 0.1) is 5.92 Å². The maximum atomic E-state index is 11.1. The first-order valence-corrected chi connectivity index (χ1v) is 6.91. The maximum absolute atomic E-state index is 11.1. The first kappa shape index (κ1) is 14.0. The van der Waals surface area contributed by atoms with Crippen molar-refractivity contribution in [2.75, 3.05) is 19.6 Å². The second-order valence-corrected chi connectivity index (χ2v) is 5.26. The molecule has 1 atom stereocenters. The average molecular weight is 262 g/mol. The van der Waals surface area contributed by atoms with Crippen LogP contribution in [-0.2, 0) is 11.2 Å². The van der Waals surface area contributed by atoms with Crippen molar-refractivity contribution in [1.29, 1.82) is 0 Å². The Morgan fingerprint density at radius 1 is 1.32 bits per heavy atom. The summed E-state index contributed by atoms with van der Waals surface area (Å²) in [5, 5.41) is 9.10. The molecule has 104 valence electrons. The van der Waals surface area contributed by atoms with E-state index in [1.807, 2.05) is 11.0 Å². The van der Waals surface area contributed by atoms with E-state index in [0.29, 0.717) is 5.92 Å². The van der Waals surface area contributed by atoms with Gasteiger partial charge in [0.05, 0.1) is 0 Å². The van der Waals surface area contributed by atoms with Gasteiger partial charge in [-0.3, -0.25) is 9.69 Å². The summed E-state index contributed by atoms with van der Waals surface area (Å²) in [6, 6.07) is 9.97. The molecule has 0 spiro atoms. The van der Waals surface area contributed by atoms with Crippen molar-refractivity contribution >= 4 is 5.97 Å². The molecule has 0 radical (unpaired) electrons. The molecule has 0 bridgehead atoms. The van der Waals surface area contributed by atoms with Gasteiger partial charge in [0.1, 0.15) is 6.04 Å². The highest BCUT2D eigenvalue weighted by Gasteiger charge is 2.28. The molecule has 1 aliphatic rings. The number of rotatable bonds is 5. The van der Waals surface area contributed by atoms with E-state index >= 15 is 0 Å². The van der Waals surface area contributed by atoms with Crippen molar-refractivity contribution in [3.05, 3.63) is 35.9 Å². The van der Waals surface area contributed by atoms with Gasteiger partial charge in [0.25, 0.3) is 0 Å². The normalized spacial score (nSPS) is 19.2. The van der Waals surface area contributed by atoms with Crippen LogP contribution in [0.1, 0.15) is 18.4 Å². The fourth-order valence-electron chi connectivity index (χ4n) is 2.82. The Bertz CT molecular complexity index is 400. The zero-order valence-electron chi connectivity index (χ0n) is 11.2. The number of carboxylic acid groups (broad SMARTS) is 1. The number of carbonyl (C=O) groups is 1. The number of carboxylic acids is 1. The van der Waals surface area contributed by atoms with E-state index in [4.69, 9.17) is 10.8 Å². The summed E-state index contributed by atoms with van der Waals surface area (Å²) in [6.07, 6.45) is 3.20. The molecule has 1 fully saturated rings. The fourth-order valence-corrected chi connectivity index (χ4v) is 2.82. The average Bonchev–Trinajstić information content (AvgIpc) is 2.42. The first-order chi connectivity index (χ1) is 9.20. The van der Waals surface area contributed by atoms with E-state index in [0.717, 1.165) is 32.4 Å². The van der Waals surface area contributed by atoms with Crippen LogP contribution >= 0.6 is 0 Å². The highest BCUT2D eigenvalue weighted by Crippen LogP contribution is 2.22. The van der Waals surface area contributed by atoms with Gasteiger partial charge in [-0.25, -0.2) is 0 Å². The highest BCUT2D eigenvalue weighted by atomic mass is 16.4. The third-order valence-corrected chi connectivity index (χ3v) is 3.97. The predicted molar refractivity (Wildman–Crippen MR) is 74.9 cm³/mol. The molecule has 19 heavy (non-hydrogen) atoms. The summed E-state index contributed by atoms with van der Waals surface area (Å²) < 4.78 is 0. The topological polar surface area (TPSA) is 66.6 Å². The van der Waals surface area contributed by atoms with Crippen LogP contribution in [0.3, 0.4) is 0 Å². The van der Waals surface area contributed by atoms with E-state index in [1.54, 1.807) is 0 Å². The molecular weight excluding hydrogens is 240 g/mol. The van der Waals surface area contributed by atoms with Crippen LogP contribution in [0.25, 0.3) is 0 Å². The van der Waals surface area contributed by atoms with Gasteiger partial charge < -0.3 is 10.8 Å². The van der Waals surface area contributed by atoms with Gasteiger partial charge in [0, 0.05) is 6.54 Å². The van der Waals surface area contributed by atoms with E-state index in [2.05, 4.69) is 24.3 Å². The molecule has 4 nitrogen and oxygen atoms in total. The smallest absolute Gasteiger partial charge is 0.322 e. The van der Waals surface area contributed by atoms with Crippen LogP contribution in [-0.4, -0.2) is 41.7 Å². The number of piperidine rings is 1. The van der Waals surface area contributed by atoms with E-state index < -0.39 is 12.0 Å². The van der Waals surface area contributed by atoms with Gasteiger partial charge in [-0.1, -0.05) is 30.3 Å². The van der Waals surface area contributed by atoms with E-state index in [1.165, 1.54) is 5.56 Å². The molecule has 0 aromatic heterocycles. The molecule has 3 N–H and O–H groups in total. The summed E-state index contributed by atoms with van der Waals surface area (Å²) >= 11 is 0. The van der Waals surface area contributed by atoms with Gasteiger partial charge >= 0.3 is 5.97 Å². The highest BCUT2D eigenvalue weighted by molar-refractivity contribution is 5.73. The Hall–Kier alpha value is -1.39. The number of nitrogens with zero attached hydrogens (tertiary/aromatic N) is 1. The SMILES string of the molecule is NCC(C(=O)O)N1CCC(Cc2ccccc2)CC1. The summed E-state index contributed by atoms with van der Waals surface area (Å²) in [7, 11) is 0. The zero-order chi connectivity index (χ0) is 13.7. The lowest BCUT2D eigenvalue weighted by Gasteiger charge is -2.35. The first-order valence-electron chi connectivity index (χ1n) is 6.91. The summed E-state index contributed by atoms with van der Waals surface area (Å²) in [5.74, 6) is -0.144. The standard InChI is InChI=1S/C15H22N2O2/c16-11-14(15(18)19)17-8-6-13(7-9-17)10-12-4-2-1-3-5-12/h1-5,13-14H,6-11,16H2,(H,18,19). The lowest BCUT2D eigenvalue weighted by atomic mass is 9.89. The van der Waals surface area contributed by atoms with Crippen molar-refractivity contribution < 1.29 is 9.90 Å². The third kappa shape index (κ3) is 3.78. The number of likely N-dealkylation sites (tertiary alicyclic amines) is 1. The number of aliphatic carboxylic acids is 1. The van der Waals surface area contributed by atoms with Crippen molar-refractivity contribution in [2.24, 2.45) is 11.7 Å². The van der Waals surface area contributed by atoms with Gasteiger partial charge in [-0.15, -0.1) is 0 Å². The minimum Gasteiger partial charge on any atom is -0.480 e. The third-order valence-electron chi connectivity index (χ3n) is 3.97. The van der Waals surface area contributed by atoms with Gasteiger partial charge in [-0.05, 0) is 43.8 Å².